The summed E-state index contributed by atoms with van der Waals surface area (Å²) in [5.41, 5.74) is 3.95. The lowest BCUT2D eigenvalue weighted by Gasteiger charge is -2.04. The van der Waals surface area contributed by atoms with Crippen LogP contribution in [-0.4, -0.2) is 12.6 Å². The van der Waals surface area contributed by atoms with E-state index in [2.05, 4.69) is 24.3 Å². The highest BCUT2D eigenvalue weighted by molar-refractivity contribution is 5.93. The number of carbonyl (C=O) groups is 1. The highest BCUT2D eigenvalue weighted by Crippen LogP contribution is 2.20. The van der Waals surface area contributed by atoms with Crippen LogP contribution in [0.15, 0.2) is 60.2 Å². The Balaban J connectivity index is 2.17. The molecular weight excluding hydrogens is 248 g/mol. The second-order valence-electron chi connectivity index (χ2n) is 4.54. The molecule has 20 heavy (non-hydrogen) atoms. The molecule has 0 N–H and O–H groups in total. The number of carbonyl (C=O) groups excluding carboxylic acids is 1. The predicted molar refractivity (Wildman–Crippen MR) is 82.2 cm³/mol. The van der Waals surface area contributed by atoms with Crippen molar-refractivity contribution in [1.82, 2.24) is 0 Å². The minimum atomic E-state index is -0.264. The van der Waals surface area contributed by atoms with Crippen LogP contribution < -0.4 is 0 Å². The van der Waals surface area contributed by atoms with E-state index in [1.165, 1.54) is 5.56 Å². The van der Waals surface area contributed by atoms with Crippen molar-refractivity contribution in [1.29, 1.82) is 0 Å². The number of benzene rings is 2. The molecule has 0 aliphatic carbocycles. The van der Waals surface area contributed by atoms with Crippen molar-refractivity contribution < 1.29 is 9.53 Å². The largest absolute Gasteiger partial charge is 0.463 e. The summed E-state index contributed by atoms with van der Waals surface area (Å²) in [4.78, 5) is 11.5. The number of hydrogen-bond donors (Lipinski definition) is 0. The van der Waals surface area contributed by atoms with Crippen LogP contribution >= 0.6 is 0 Å². The summed E-state index contributed by atoms with van der Waals surface area (Å²) in [5, 5.41) is 0. The molecule has 102 valence electrons. The molecule has 0 bridgehead atoms. The third-order valence-corrected chi connectivity index (χ3v) is 3.00. The van der Waals surface area contributed by atoms with Gasteiger partial charge < -0.3 is 4.74 Å². The van der Waals surface area contributed by atoms with Crippen LogP contribution in [0, 0.1) is 0 Å². The molecule has 0 aromatic heterocycles. The van der Waals surface area contributed by atoms with Crippen molar-refractivity contribution in [2.75, 3.05) is 6.61 Å². The van der Waals surface area contributed by atoms with Gasteiger partial charge in [0.25, 0.3) is 0 Å². The van der Waals surface area contributed by atoms with Gasteiger partial charge in [0, 0.05) is 5.57 Å². The maximum absolute atomic E-state index is 11.5. The number of esters is 1. The molecule has 0 aliphatic heterocycles. The molecule has 0 aliphatic rings. The SMILES string of the molecule is CCOC(=O)/C(C)=C/c1ccc(-c2ccccc2)cc1. The first kappa shape index (κ1) is 14.1. The number of ether oxygens (including phenoxy) is 1. The van der Waals surface area contributed by atoms with Crippen molar-refractivity contribution in [3.05, 3.63) is 65.7 Å². The Labute approximate surface area is 119 Å². The van der Waals surface area contributed by atoms with Crippen LogP contribution in [0.2, 0.25) is 0 Å². The lowest BCUT2D eigenvalue weighted by atomic mass is 10.0. The van der Waals surface area contributed by atoms with Gasteiger partial charge in [-0.1, -0.05) is 54.6 Å². The highest BCUT2D eigenvalue weighted by atomic mass is 16.5. The average Bonchev–Trinajstić information content (AvgIpc) is 2.49. The molecule has 2 aromatic carbocycles. The lowest BCUT2D eigenvalue weighted by molar-refractivity contribution is -0.138. The van der Waals surface area contributed by atoms with Gasteiger partial charge in [-0.2, -0.15) is 0 Å². The quantitative estimate of drug-likeness (QED) is 0.608. The van der Waals surface area contributed by atoms with Gasteiger partial charge in [-0.15, -0.1) is 0 Å². The molecule has 0 atom stereocenters. The summed E-state index contributed by atoms with van der Waals surface area (Å²) in [6, 6.07) is 18.3. The summed E-state index contributed by atoms with van der Waals surface area (Å²) in [7, 11) is 0. The highest BCUT2D eigenvalue weighted by Gasteiger charge is 2.04. The fraction of sp³-hybridized carbons (Fsp3) is 0.167. The maximum atomic E-state index is 11.5. The molecule has 0 radical (unpaired) electrons. The van der Waals surface area contributed by atoms with Crippen LogP contribution in [-0.2, 0) is 9.53 Å². The van der Waals surface area contributed by atoms with Gasteiger partial charge in [-0.3, -0.25) is 0 Å². The van der Waals surface area contributed by atoms with E-state index >= 15 is 0 Å². The molecule has 0 amide bonds. The zero-order chi connectivity index (χ0) is 14.4. The molecule has 0 fully saturated rings. The summed E-state index contributed by atoms with van der Waals surface area (Å²) < 4.78 is 4.96. The molecule has 0 saturated heterocycles. The normalized spacial score (nSPS) is 11.2. The van der Waals surface area contributed by atoms with Crippen LogP contribution in [0.4, 0.5) is 0 Å². The first-order chi connectivity index (χ1) is 9.70. The monoisotopic (exact) mass is 266 g/mol. The molecule has 0 unspecified atom stereocenters. The second kappa shape index (κ2) is 6.71. The fourth-order valence-corrected chi connectivity index (χ4v) is 1.96. The molecule has 0 saturated carbocycles. The number of rotatable bonds is 4. The lowest BCUT2D eigenvalue weighted by Crippen LogP contribution is -2.04. The van der Waals surface area contributed by atoms with E-state index in [1.807, 2.05) is 36.4 Å². The van der Waals surface area contributed by atoms with E-state index in [1.54, 1.807) is 13.8 Å². The van der Waals surface area contributed by atoms with Crippen molar-refractivity contribution in [3.63, 3.8) is 0 Å². The zero-order valence-corrected chi connectivity index (χ0v) is 11.8. The predicted octanol–water partition coefficient (Wildman–Crippen LogP) is 4.32. The summed E-state index contributed by atoms with van der Waals surface area (Å²) in [6.45, 7) is 3.97. The molecule has 2 nitrogen and oxygen atoms in total. The standard InChI is InChI=1S/C18H18O2/c1-3-20-18(19)14(2)13-15-9-11-17(12-10-15)16-7-5-4-6-8-16/h4-13H,3H2,1-2H3/b14-13+. The van der Waals surface area contributed by atoms with Gasteiger partial charge in [0.2, 0.25) is 0 Å². The summed E-state index contributed by atoms with van der Waals surface area (Å²) >= 11 is 0. The molecule has 2 rings (SSSR count). The smallest absolute Gasteiger partial charge is 0.333 e. The summed E-state index contributed by atoms with van der Waals surface area (Å²) in [6.07, 6.45) is 1.84. The summed E-state index contributed by atoms with van der Waals surface area (Å²) in [5.74, 6) is -0.264. The van der Waals surface area contributed by atoms with Gasteiger partial charge in [-0.25, -0.2) is 4.79 Å². The topological polar surface area (TPSA) is 26.3 Å². The van der Waals surface area contributed by atoms with Crippen LogP contribution in [0.25, 0.3) is 17.2 Å². The third kappa shape index (κ3) is 3.58. The molecule has 2 aromatic rings. The molecule has 0 heterocycles. The van der Waals surface area contributed by atoms with E-state index in [0.717, 1.165) is 11.1 Å². The molecular formula is C18H18O2. The fourth-order valence-electron chi connectivity index (χ4n) is 1.96. The minimum Gasteiger partial charge on any atom is -0.463 e. The first-order valence-corrected chi connectivity index (χ1v) is 6.71. The second-order valence-corrected chi connectivity index (χ2v) is 4.54. The Morgan fingerprint density at radius 2 is 1.60 bits per heavy atom. The van der Waals surface area contributed by atoms with Gasteiger partial charge in [0.1, 0.15) is 0 Å². The first-order valence-electron chi connectivity index (χ1n) is 6.71. The average molecular weight is 266 g/mol. The molecule has 2 heteroatoms. The van der Waals surface area contributed by atoms with Crippen LogP contribution in [0.3, 0.4) is 0 Å². The molecule has 0 spiro atoms. The van der Waals surface area contributed by atoms with Gasteiger partial charge in [-0.05, 0) is 36.6 Å². The minimum absolute atomic E-state index is 0.264. The van der Waals surface area contributed by atoms with Crippen LogP contribution in [0.1, 0.15) is 19.4 Å². The van der Waals surface area contributed by atoms with Gasteiger partial charge in [0.15, 0.2) is 0 Å². The van der Waals surface area contributed by atoms with Crippen LogP contribution in [0.5, 0.6) is 0 Å². The maximum Gasteiger partial charge on any atom is 0.333 e. The Morgan fingerprint density at radius 1 is 1.00 bits per heavy atom. The van der Waals surface area contributed by atoms with E-state index in [4.69, 9.17) is 4.74 Å². The van der Waals surface area contributed by atoms with Crippen molar-refractivity contribution in [2.24, 2.45) is 0 Å². The third-order valence-electron chi connectivity index (χ3n) is 3.00. The van der Waals surface area contributed by atoms with Gasteiger partial charge >= 0.3 is 5.97 Å². The van der Waals surface area contributed by atoms with Crippen molar-refractivity contribution in [2.45, 2.75) is 13.8 Å². The van der Waals surface area contributed by atoms with E-state index < -0.39 is 0 Å². The Morgan fingerprint density at radius 3 is 2.20 bits per heavy atom. The van der Waals surface area contributed by atoms with E-state index in [0.29, 0.717) is 12.2 Å². The van der Waals surface area contributed by atoms with E-state index in [9.17, 15) is 4.79 Å². The number of hydrogen-bond acceptors (Lipinski definition) is 2. The Bertz CT molecular complexity index is 595. The Hall–Kier alpha value is -2.35. The van der Waals surface area contributed by atoms with Gasteiger partial charge in [0.05, 0.1) is 6.61 Å². The van der Waals surface area contributed by atoms with Crippen molar-refractivity contribution >= 4 is 12.0 Å². The Kier molecular flexibility index (Phi) is 4.72. The van der Waals surface area contributed by atoms with E-state index in [-0.39, 0.29) is 5.97 Å². The zero-order valence-electron chi connectivity index (χ0n) is 11.8. The van der Waals surface area contributed by atoms with Crippen molar-refractivity contribution in [3.8, 4) is 11.1 Å².